The normalized spacial score (nSPS) is 11.3. The summed E-state index contributed by atoms with van der Waals surface area (Å²) in [5, 5.41) is 9.30. The van der Waals surface area contributed by atoms with E-state index in [9.17, 15) is 0 Å². The fraction of sp³-hybridized carbons (Fsp3) is 0.111. The summed E-state index contributed by atoms with van der Waals surface area (Å²) in [6.45, 7) is 3.91. The van der Waals surface area contributed by atoms with Gasteiger partial charge in [0.2, 0.25) is 11.8 Å². The number of aryl methyl sites for hydroxylation is 2. The molecular weight excluding hydrogens is 344 g/mol. The van der Waals surface area contributed by atoms with Gasteiger partial charge in [-0.2, -0.15) is 19.7 Å². The monoisotopic (exact) mass is 358 g/mol. The Kier molecular flexibility index (Phi) is 3.32. The van der Waals surface area contributed by atoms with Crippen LogP contribution in [0.25, 0.3) is 22.5 Å². The maximum atomic E-state index is 6.03. The molecule has 0 aliphatic heterocycles. The Hall–Kier alpha value is -3.88. The van der Waals surface area contributed by atoms with Gasteiger partial charge in [-0.3, -0.25) is 0 Å². The van der Waals surface area contributed by atoms with Crippen molar-refractivity contribution in [2.24, 2.45) is 0 Å². The Morgan fingerprint density at radius 2 is 1.78 bits per heavy atom. The van der Waals surface area contributed by atoms with Crippen LogP contribution in [0.1, 0.15) is 11.3 Å². The lowest BCUT2D eigenvalue weighted by molar-refractivity contribution is 0.433. The van der Waals surface area contributed by atoms with Crippen LogP contribution >= 0.6 is 0 Å². The topological polar surface area (TPSA) is 95.9 Å². The molecule has 0 saturated heterocycles. The average Bonchev–Trinajstić information content (AvgIpc) is 3.30. The number of fused-ring (bicyclic) bond motifs is 2. The highest BCUT2D eigenvalue weighted by molar-refractivity contribution is 5.81. The summed E-state index contributed by atoms with van der Waals surface area (Å²) in [6.07, 6.45) is 4.58. The van der Waals surface area contributed by atoms with Gasteiger partial charge in [-0.15, -0.1) is 0 Å². The van der Waals surface area contributed by atoms with E-state index in [4.69, 9.17) is 4.74 Å². The highest BCUT2D eigenvalue weighted by Gasteiger charge is 2.15. The van der Waals surface area contributed by atoms with Crippen molar-refractivity contribution in [2.45, 2.75) is 13.8 Å². The summed E-state index contributed by atoms with van der Waals surface area (Å²) in [5.41, 5.74) is 3.52. The largest absolute Gasteiger partial charge is 0.420 e. The Morgan fingerprint density at radius 1 is 0.926 bits per heavy atom. The van der Waals surface area contributed by atoms with E-state index >= 15 is 0 Å². The molecule has 4 aromatic heterocycles. The molecule has 9 heteroatoms. The molecule has 132 valence electrons. The molecule has 0 bridgehead atoms. The van der Waals surface area contributed by atoms with Crippen molar-refractivity contribution in [3.63, 3.8) is 0 Å². The second kappa shape index (κ2) is 5.84. The van der Waals surface area contributed by atoms with Crippen LogP contribution in [0.3, 0.4) is 0 Å². The number of nitrogens with zero attached hydrogens (tertiary/aromatic N) is 8. The number of benzene rings is 1. The summed E-state index contributed by atoms with van der Waals surface area (Å²) >= 11 is 0. The van der Waals surface area contributed by atoms with E-state index in [2.05, 4.69) is 30.1 Å². The summed E-state index contributed by atoms with van der Waals surface area (Å²) in [4.78, 5) is 17.1. The first-order valence-electron chi connectivity index (χ1n) is 8.30. The van der Waals surface area contributed by atoms with Crippen LogP contribution in [0.5, 0.6) is 11.8 Å². The van der Waals surface area contributed by atoms with Crippen molar-refractivity contribution in [1.29, 1.82) is 0 Å². The van der Waals surface area contributed by atoms with E-state index in [1.165, 1.54) is 22.7 Å². The van der Waals surface area contributed by atoms with Crippen LogP contribution in [0.2, 0.25) is 0 Å². The van der Waals surface area contributed by atoms with Gasteiger partial charge in [-0.05, 0) is 26.0 Å². The van der Waals surface area contributed by atoms with Gasteiger partial charge in [0.1, 0.15) is 18.0 Å². The number of hydrogen-bond donors (Lipinski definition) is 0. The highest BCUT2D eigenvalue weighted by atomic mass is 16.5. The fourth-order valence-electron chi connectivity index (χ4n) is 2.85. The van der Waals surface area contributed by atoms with E-state index in [0.717, 1.165) is 11.4 Å². The van der Waals surface area contributed by atoms with E-state index < -0.39 is 0 Å². The van der Waals surface area contributed by atoms with Crippen LogP contribution in [0.4, 0.5) is 0 Å². The molecule has 0 spiro atoms. The molecule has 0 unspecified atom stereocenters. The molecular formula is C18H14N8O. The molecule has 4 heterocycles. The number of hydrogen-bond acceptors (Lipinski definition) is 7. The molecule has 0 radical (unpaired) electrons. The average molecular weight is 358 g/mol. The van der Waals surface area contributed by atoms with Crippen molar-refractivity contribution in [3.8, 4) is 17.4 Å². The Labute approximate surface area is 153 Å². The van der Waals surface area contributed by atoms with Gasteiger partial charge in [0.15, 0.2) is 5.65 Å². The highest BCUT2D eigenvalue weighted by Crippen LogP contribution is 2.27. The maximum Gasteiger partial charge on any atom is 0.255 e. The molecule has 0 atom stereocenters. The lowest BCUT2D eigenvalue weighted by Crippen LogP contribution is -2.01. The molecule has 0 fully saturated rings. The van der Waals surface area contributed by atoms with E-state index in [-0.39, 0.29) is 0 Å². The molecule has 5 rings (SSSR count). The Balaban J connectivity index is 1.62. The van der Waals surface area contributed by atoms with Gasteiger partial charge in [0.25, 0.3) is 5.78 Å². The van der Waals surface area contributed by atoms with Gasteiger partial charge in [0, 0.05) is 11.8 Å². The second-order valence-electron chi connectivity index (χ2n) is 6.12. The van der Waals surface area contributed by atoms with Gasteiger partial charge in [-0.1, -0.05) is 17.7 Å². The summed E-state index contributed by atoms with van der Waals surface area (Å²) in [7, 11) is 0. The third-order valence-electron chi connectivity index (χ3n) is 4.16. The molecule has 0 aliphatic rings. The Bertz CT molecular complexity index is 1270. The van der Waals surface area contributed by atoms with Gasteiger partial charge >= 0.3 is 0 Å². The zero-order valence-corrected chi connectivity index (χ0v) is 14.6. The van der Waals surface area contributed by atoms with Crippen molar-refractivity contribution in [1.82, 2.24) is 39.3 Å². The van der Waals surface area contributed by atoms with Crippen molar-refractivity contribution in [2.75, 3.05) is 0 Å². The molecule has 5 aromatic rings. The number of aromatic nitrogens is 8. The van der Waals surface area contributed by atoms with Crippen LogP contribution in [0.15, 0.2) is 49.2 Å². The molecule has 9 nitrogen and oxygen atoms in total. The summed E-state index contributed by atoms with van der Waals surface area (Å²) in [6, 6.07) is 9.83. The Morgan fingerprint density at radius 3 is 2.63 bits per heavy atom. The van der Waals surface area contributed by atoms with Crippen LogP contribution in [0, 0.1) is 13.8 Å². The van der Waals surface area contributed by atoms with Crippen molar-refractivity contribution in [3.05, 3.63) is 60.4 Å². The predicted molar refractivity (Wildman–Crippen MR) is 97.0 cm³/mol. The smallest absolute Gasteiger partial charge is 0.255 e. The minimum Gasteiger partial charge on any atom is -0.420 e. The van der Waals surface area contributed by atoms with Crippen molar-refractivity contribution < 1.29 is 4.74 Å². The van der Waals surface area contributed by atoms with E-state index in [0.29, 0.717) is 28.6 Å². The lowest BCUT2D eigenvalue weighted by atomic mass is 10.2. The second-order valence-corrected chi connectivity index (χ2v) is 6.12. The number of rotatable bonds is 3. The SMILES string of the molecule is Cc1ccc(-n2ncc3c(Oc4cc(C)nc5ncnn45)ncnc32)cc1. The standard InChI is InChI=1S/C18H14N8O/c1-11-3-5-13(6-4-11)25-16-14(8-22-25)17(20-9-19-16)27-15-7-12(2)24-18-21-10-23-26(15)18/h3-10H,1-2H3. The van der Waals surface area contributed by atoms with Gasteiger partial charge in [-0.25, -0.2) is 19.6 Å². The number of ether oxygens (including phenoxy) is 1. The summed E-state index contributed by atoms with van der Waals surface area (Å²) < 4.78 is 9.30. The molecule has 27 heavy (non-hydrogen) atoms. The first-order valence-corrected chi connectivity index (χ1v) is 8.30. The lowest BCUT2D eigenvalue weighted by Gasteiger charge is -2.08. The van der Waals surface area contributed by atoms with Gasteiger partial charge < -0.3 is 4.74 Å². The first kappa shape index (κ1) is 15.4. The zero-order valence-electron chi connectivity index (χ0n) is 14.6. The summed E-state index contributed by atoms with van der Waals surface area (Å²) in [5.74, 6) is 1.32. The fourth-order valence-corrected chi connectivity index (χ4v) is 2.85. The molecule has 1 aromatic carbocycles. The van der Waals surface area contributed by atoms with E-state index in [1.54, 1.807) is 16.9 Å². The first-order chi connectivity index (χ1) is 13.2. The molecule has 0 aliphatic carbocycles. The quantitative estimate of drug-likeness (QED) is 0.489. The molecule has 0 saturated carbocycles. The third-order valence-corrected chi connectivity index (χ3v) is 4.16. The third kappa shape index (κ3) is 2.56. The minimum absolute atomic E-state index is 0.390. The van der Waals surface area contributed by atoms with Crippen LogP contribution in [-0.2, 0) is 0 Å². The van der Waals surface area contributed by atoms with E-state index in [1.807, 2.05) is 38.1 Å². The van der Waals surface area contributed by atoms with Crippen LogP contribution < -0.4 is 4.74 Å². The van der Waals surface area contributed by atoms with Crippen LogP contribution in [-0.4, -0.2) is 39.3 Å². The molecule has 0 N–H and O–H groups in total. The predicted octanol–water partition coefficient (Wildman–Crippen LogP) is 2.66. The minimum atomic E-state index is 0.390. The maximum absolute atomic E-state index is 6.03. The van der Waals surface area contributed by atoms with Gasteiger partial charge in [0.05, 0.1) is 11.9 Å². The van der Waals surface area contributed by atoms with Crippen molar-refractivity contribution >= 4 is 16.8 Å². The molecule has 0 amide bonds. The zero-order chi connectivity index (χ0) is 18.4.